The molecular weight excluding hydrogens is 394 g/mol. The van der Waals surface area contributed by atoms with Crippen molar-refractivity contribution in [3.8, 4) is 5.75 Å². The highest BCUT2D eigenvalue weighted by atomic mass is 16.6. The molecule has 0 aliphatic carbocycles. The second-order valence-electron chi connectivity index (χ2n) is 6.56. The lowest BCUT2D eigenvalue weighted by molar-refractivity contribution is -0.384. The molecular formula is C20H19N3O7. The molecule has 2 aromatic carbocycles. The Balaban J connectivity index is 1.51. The summed E-state index contributed by atoms with van der Waals surface area (Å²) in [6.45, 7) is -0.400. The van der Waals surface area contributed by atoms with Gasteiger partial charge in [-0.15, -0.1) is 0 Å². The Morgan fingerprint density at radius 3 is 2.43 bits per heavy atom. The summed E-state index contributed by atoms with van der Waals surface area (Å²) in [7, 11) is 1.53. The van der Waals surface area contributed by atoms with Crippen molar-refractivity contribution < 1.29 is 28.8 Å². The lowest BCUT2D eigenvalue weighted by Gasteiger charge is -2.16. The van der Waals surface area contributed by atoms with Gasteiger partial charge < -0.3 is 19.7 Å². The Morgan fingerprint density at radius 1 is 1.17 bits per heavy atom. The molecule has 0 unspecified atom stereocenters. The molecule has 30 heavy (non-hydrogen) atoms. The minimum Gasteiger partial charge on any atom is -0.497 e. The van der Waals surface area contributed by atoms with E-state index in [1.807, 2.05) is 0 Å². The number of esters is 1. The molecule has 1 aliphatic rings. The summed E-state index contributed by atoms with van der Waals surface area (Å²) in [6, 6.07) is 12.1. The van der Waals surface area contributed by atoms with Crippen LogP contribution in [0.2, 0.25) is 0 Å². The van der Waals surface area contributed by atoms with Gasteiger partial charge in [-0.25, -0.2) is 0 Å². The van der Waals surface area contributed by atoms with Crippen molar-refractivity contribution in [3.63, 3.8) is 0 Å². The number of nitro groups is 1. The molecule has 3 rings (SSSR count). The van der Waals surface area contributed by atoms with Crippen LogP contribution in [0.25, 0.3) is 0 Å². The SMILES string of the molecule is COc1ccc(NC(=O)COC(=O)[C@H]2CC(=O)N(c3ccc([N+](=O)[O-])cc3)C2)cc1. The van der Waals surface area contributed by atoms with E-state index in [1.54, 1.807) is 24.3 Å². The molecule has 1 saturated heterocycles. The second-order valence-corrected chi connectivity index (χ2v) is 6.56. The zero-order chi connectivity index (χ0) is 21.7. The number of carbonyl (C=O) groups excluding carboxylic acids is 3. The standard InChI is InChI=1S/C20H19N3O7/c1-29-17-8-2-14(3-9-17)21-18(24)12-30-20(26)13-10-19(25)22(11-13)15-4-6-16(7-5-15)23(27)28/h2-9,13H,10-12H2,1H3,(H,21,24)/t13-/m0/s1. The number of anilines is 2. The van der Waals surface area contributed by atoms with Crippen LogP contribution >= 0.6 is 0 Å². The Hall–Kier alpha value is -3.95. The van der Waals surface area contributed by atoms with E-state index in [0.29, 0.717) is 17.1 Å². The van der Waals surface area contributed by atoms with Crippen LogP contribution in [-0.2, 0) is 19.1 Å². The molecule has 10 heteroatoms. The number of nitrogens with zero attached hydrogens (tertiary/aromatic N) is 2. The average molecular weight is 413 g/mol. The number of ether oxygens (including phenoxy) is 2. The van der Waals surface area contributed by atoms with Crippen LogP contribution in [0.5, 0.6) is 5.75 Å². The number of nitrogens with one attached hydrogen (secondary N) is 1. The van der Waals surface area contributed by atoms with Gasteiger partial charge in [-0.3, -0.25) is 24.5 Å². The fourth-order valence-corrected chi connectivity index (χ4v) is 3.00. The van der Waals surface area contributed by atoms with E-state index in [-0.39, 0.29) is 24.6 Å². The van der Waals surface area contributed by atoms with E-state index in [0.717, 1.165) is 0 Å². The minimum atomic E-state index is -0.721. The van der Waals surface area contributed by atoms with E-state index >= 15 is 0 Å². The first-order valence-electron chi connectivity index (χ1n) is 9.02. The molecule has 1 N–H and O–H groups in total. The van der Waals surface area contributed by atoms with Gasteiger partial charge in [0.25, 0.3) is 11.6 Å². The van der Waals surface area contributed by atoms with E-state index < -0.39 is 29.3 Å². The maximum Gasteiger partial charge on any atom is 0.311 e. The number of hydrogen-bond acceptors (Lipinski definition) is 7. The maximum absolute atomic E-state index is 12.3. The zero-order valence-electron chi connectivity index (χ0n) is 16.1. The minimum absolute atomic E-state index is 0.0596. The summed E-state index contributed by atoms with van der Waals surface area (Å²) in [5, 5.41) is 13.3. The van der Waals surface area contributed by atoms with Crippen LogP contribution < -0.4 is 15.0 Å². The van der Waals surface area contributed by atoms with Crippen LogP contribution in [0.15, 0.2) is 48.5 Å². The molecule has 1 atom stereocenters. The molecule has 0 spiro atoms. The summed E-state index contributed by atoms with van der Waals surface area (Å²) < 4.78 is 10.1. The van der Waals surface area contributed by atoms with Crippen molar-refractivity contribution in [3.05, 3.63) is 58.6 Å². The van der Waals surface area contributed by atoms with Gasteiger partial charge in [0, 0.05) is 36.5 Å². The molecule has 0 bridgehead atoms. The fraction of sp³-hybridized carbons (Fsp3) is 0.250. The molecule has 0 aromatic heterocycles. The third kappa shape index (κ3) is 4.90. The molecule has 0 saturated carbocycles. The highest BCUT2D eigenvalue weighted by Gasteiger charge is 2.36. The van der Waals surface area contributed by atoms with E-state index in [2.05, 4.69) is 5.32 Å². The number of carbonyl (C=O) groups is 3. The first kappa shape index (κ1) is 20.8. The molecule has 2 aromatic rings. The first-order valence-corrected chi connectivity index (χ1v) is 9.02. The maximum atomic E-state index is 12.3. The topological polar surface area (TPSA) is 128 Å². The predicted molar refractivity (Wildman–Crippen MR) is 106 cm³/mol. The van der Waals surface area contributed by atoms with Crippen molar-refractivity contribution in [1.82, 2.24) is 0 Å². The van der Waals surface area contributed by atoms with Gasteiger partial charge in [0.2, 0.25) is 5.91 Å². The average Bonchev–Trinajstić information content (AvgIpc) is 3.14. The Kier molecular flexibility index (Phi) is 6.26. The lowest BCUT2D eigenvalue weighted by Crippen LogP contribution is -2.28. The number of nitro benzene ring substituents is 1. The molecule has 1 fully saturated rings. The highest BCUT2D eigenvalue weighted by molar-refractivity contribution is 6.00. The zero-order valence-corrected chi connectivity index (χ0v) is 16.1. The van der Waals surface area contributed by atoms with Gasteiger partial charge in [0.15, 0.2) is 6.61 Å². The summed E-state index contributed by atoms with van der Waals surface area (Å²) in [5.74, 6) is -1.54. The van der Waals surface area contributed by atoms with Crippen LogP contribution in [0.1, 0.15) is 6.42 Å². The fourth-order valence-electron chi connectivity index (χ4n) is 3.00. The van der Waals surface area contributed by atoms with Crippen molar-refractivity contribution in [2.75, 3.05) is 30.5 Å². The predicted octanol–water partition coefficient (Wildman–Crippen LogP) is 2.14. The van der Waals surface area contributed by atoms with Gasteiger partial charge in [0.05, 0.1) is 18.0 Å². The van der Waals surface area contributed by atoms with Crippen LogP contribution in [0, 0.1) is 16.0 Å². The van der Waals surface area contributed by atoms with E-state index in [1.165, 1.54) is 36.3 Å². The highest BCUT2D eigenvalue weighted by Crippen LogP contribution is 2.27. The van der Waals surface area contributed by atoms with Crippen molar-refractivity contribution >= 4 is 34.8 Å². The number of rotatable bonds is 7. The Bertz CT molecular complexity index is 957. The van der Waals surface area contributed by atoms with Crippen molar-refractivity contribution in [2.45, 2.75) is 6.42 Å². The van der Waals surface area contributed by atoms with Crippen LogP contribution in [0.3, 0.4) is 0 Å². The van der Waals surface area contributed by atoms with Crippen molar-refractivity contribution in [1.29, 1.82) is 0 Å². The number of hydrogen-bond donors (Lipinski definition) is 1. The van der Waals surface area contributed by atoms with Gasteiger partial charge in [-0.05, 0) is 36.4 Å². The quantitative estimate of drug-likeness (QED) is 0.418. The molecule has 156 valence electrons. The number of benzene rings is 2. The van der Waals surface area contributed by atoms with Gasteiger partial charge in [-0.1, -0.05) is 0 Å². The first-order chi connectivity index (χ1) is 14.4. The van der Waals surface area contributed by atoms with Gasteiger partial charge in [0.1, 0.15) is 5.75 Å². The van der Waals surface area contributed by atoms with Gasteiger partial charge >= 0.3 is 5.97 Å². The molecule has 0 radical (unpaired) electrons. The monoisotopic (exact) mass is 413 g/mol. The van der Waals surface area contributed by atoms with E-state index in [4.69, 9.17) is 9.47 Å². The smallest absolute Gasteiger partial charge is 0.311 e. The molecule has 2 amide bonds. The summed E-state index contributed by atoms with van der Waals surface area (Å²) in [5.41, 5.74) is 0.889. The van der Waals surface area contributed by atoms with Crippen LogP contribution in [0.4, 0.5) is 17.1 Å². The summed E-state index contributed by atoms with van der Waals surface area (Å²) in [4.78, 5) is 48.0. The van der Waals surface area contributed by atoms with E-state index in [9.17, 15) is 24.5 Å². The number of methoxy groups -OCH3 is 1. The molecule has 10 nitrogen and oxygen atoms in total. The largest absolute Gasteiger partial charge is 0.497 e. The summed E-state index contributed by atoms with van der Waals surface area (Å²) in [6.07, 6.45) is -0.0596. The van der Waals surface area contributed by atoms with Crippen LogP contribution in [-0.4, -0.2) is 43.0 Å². The summed E-state index contributed by atoms with van der Waals surface area (Å²) >= 11 is 0. The molecule has 1 heterocycles. The second kappa shape index (κ2) is 9.03. The molecule has 1 aliphatic heterocycles. The normalized spacial score (nSPS) is 15.6. The Labute approximate surface area is 171 Å². The number of amides is 2. The Morgan fingerprint density at radius 2 is 1.83 bits per heavy atom. The third-order valence-electron chi connectivity index (χ3n) is 4.55. The van der Waals surface area contributed by atoms with Gasteiger partial charge in [-0.2, -0.15) is 0 Å². The third-order valence-corrected chi connectivity index (χ3v) is 4.55. The lowest BCUT2D eigenvalue weighted by atomic mass is 10.1. The number of non-ortho nitro benzene ring substituents is 1. The van der Waals surface area contributed by atoms with Crippen molar-refractivity contribution in [2.24, 2.45) is 5.92 Å².